The smallest absolute Gasteiger partial charge is 0.224 e. The van der Waals surface area contributed by atoms with Gasteiger partial charge in [-0.05, 0) is 50.2 Å². The highest BCUT2D eigenvalue weighted by Crippen LogP contribution is 2.21. The van der Waals surface area contributed by atoms with Crippen LogP contribution in [0.4, 0.5) is 0 Å². The largest absolute Gasteiger partial charge is 0.356 e. The molecule has 122 valence electrons. The summed E-state index contributed by atoms with van der Waals surface area (Å²) in [6.45, 7) is 2.78. The number of carbonyl (C=O) groups is 1. The summed E-state index contributed by atoms with van der Waals surface area (Å²) in [5.41, 5.74) is 1.18. The van der Waals surface area contributed by atoms with E-state index < -0.39 is 0 Å². The van der Waals surface area contributed by atoms with Gasteiger partial charge in [0.2, 0.25) is 5.91 Å². The number of rotatable bonds is 7. The SMILES string of the molecule is CN1CCC[C@H](C(=O)NCCCSCc2ccccc2Cl)C1. The lowest BCUT2D eigenvalue weighted by Gasteiger charge is -2.28. The molecule has 22 heavy (non-hydrogen) atoms. The quantitative estimate of drug-likeness (QED) is 0.772. The first-order chi connectivity index (χ1) is 10.7. The molecule has 1 aromatic carbocycles. The Bertz CT molecular complexity index is 483. The number of amides is 1. The van der Waals surface area contributed by atoms with Gasteiger partial charge >= 0.3 is 0 Å². The molecule has 0 unspecified atom stereocenters. The summed E-state index contributed by atoms with van der Waals surface area (Å²) in [5, 5.41) is 3.92. The van der Waals surface area contributed by atoms with Crippen LogP contribution in [0.15, 0.2) is 24.3 Å². The van der Waals surface area contributed by atoms with Gasteiger partial charge in [0.1, 0.15) is 0 Å². The fraction of sp³-hybridized carbons (Fsp3) is 0.588. The zero-order chi connectivity index (χ0) is 15.8. The van der Waals surface area contributed by atoms with Crippen molar-refractivity contribution in [2.24, 2.45) is 5.92 Å². The molecule has 3 nitrogen and oxygen atoms in total. The van der Waals surface area contributed by atoms with Crippen molar-refractivity contribution in [3.63, 3.8) is 0 Å². The van der Waals surface area contributed by atoms with E-state index in [-0.39, 0.29) is 11.8 Å². The van der Waals surface area contributed by atoms with E-state index in [0.717, 1.165) is 55.4 Å². The molecule has 0 aromatic heterocycles. The highest BCUT2D eigenvalue weighted by molar-refractivity contribution is 7.98. The Morgan fingerprint density at radius 3 is 3.05 bits per heavy atom. The molecule has 1 aromatic rings. The number of halogens is 1. The first-order valence-corrected chi connectivity index (χ1v) is 9.47. The molecule has 1 atom stereocenters. The first kappa shape index (κ1) is 17.6. The number of hydrogen-bond acceptors (Lipinski definition) is 3. The van der Waals surface area contributed by atoms with Crippen molar-refractivity contribution in [3.05, 3.63) is 34.9 Å². The molecule has 2 rings (SSSR count). The van der Waals surface area contributed by atoms with Gasteiger partial charge in [-0.3, -0.25) is 4.79 Å². The van der Waals surface area contributed by atoms with Crippen LogP contribution in [0, 0.1) is 5.92 Å². The van der Waals surface area contributed by atoms with Crippen LogP contribution < -0.4 is 5.32 Å². The maximum absolute atomic E-state index is 12.1. The monoisotopic (exact) mass is 340 g/mol. The second kappa shape index (κ2) is 9.43. The number of carbonyl (C=O) groups excluding carboxylic acids is 1. The predicted octanol–water partition coefficient (Wildman–Crippen LogP) is 3.42. The lowest BCUT2D eigenvalue weighted by atomic mass is 9.98. The Balaban J connectivity index is 1.55. The van der Waals surface area contributed by atoms with E-state index >= 15 is 0 Å². The number of hydrogen-bond donors (Lipinski definition) is 1. The summed E-state index contributed by atoms with van der Waals surface area (Å²) >= 11 is 7.99. The van der Waals surface area contributed by atoms with E-state index in [9.17, 15) is 4.79 Å². The molecule has 1 aliphatic rings. The lowest BCUT2D eigenvalue weighted by Crippen LogP contribution is -2.41. The summed E-state index contributed by atoms with van der Waals surface area (Å²) in [5.74, 6) is 2.37. The molecule has 0 saturated carbocycles. The van der Waals surface area contributed by atoms with Crippen molar-refractivity contribution in [2.45, 2.75) is 25.0 Å². The van der Waals surface area contributed by atoms with Crippen molar-refractivity contribution in [1.82, 2.24) is 10.2 Å². The highest BCUT2D eigenvalue weighted by atomic mass is 35.5. The van der Waals surface area contributed by atoms with E-state index in [1.54, 1.807) is 0 Å². The standard InChI is InChI=1S/C17H25ClN2OS/c1-20-10-4-7-14(12-20)17(21)19-9-5-11-22-13-15-6-2-3-8-16(15)18/h2-3,6,8,14H,4-5,7,9-13H2,1H3,(H,19,21)/t14-/m0/s1. The van der Waals surface area contributed by atoms with Crippen molar-refractivity contribution >= 4 is 29.3 Å². The van der Waals surface area contributed by atoms with Gasteiger partial charge in [0.15, 0.2) is 0 Å². The van der Waals surface area contributed by atoms with E-state index in [1.807, 2.05) is 30.0 Å². The fourth-order valence-corrected chi connectivity index (χ4v) is 3.95. The van der Waals surface area contributed by atoms with Crippen LogP contribution in [0.2, 0.25) is 5.02 Å². The minimum atomic E-state index is 0.175. The predicted molar refractivity (Wildman–Crippen MR) is 95.5 cm³/mol. The average Bonchev–Trinajstić information content (AvgIpc) is 2.52. The summed E-state index contributed by atoms with van der Waals surface area (Å²) in [6.07, 6.45) is 3.16. The molecule has 0 radical (unpaired) electrons. The zero-order valence-corrected chi connectivity index (χ0v) is 14.8. The van der Waals surface area contributed by atoms with Crippen LogP contribution in [-0.4, -0.2) is 43.2 Å². The van der Waals surface area contributed by atoms with Crippen LogP contribution in [0.3, 0.4) is 0 Å². The van der Waals surface area contributed by atoms with Crippen molar-refractivity contribution < 1.29 is 4.79 Å². The molecule has 1 aliphatic heterocycles. The molecule has 5 heteroatoms. The molecule has 1 fully saturated rings. The molecule has 1 amide bonds. The molecule has 1 N–H and O–H groups in total. The third-order valence-corrected chi connectivity index (χ3v) is 5.44. The van der Waals surface area contributed by atoms with Gasteiger partial charge in [-0.15, -0.1) is 0 Å². The number of benzene rings is 1. The summed E-state index contributed by atoms with van der Waals surface area (Å²) in [7, 11) is 2.09. The van der Waals surface area contributed by atoms with Gasteiger partial charge in [-0.2, -0.15) is 11.8 Å². The fourth-order valence-electron chi connectivity index (χ4n) is 2.71. The maximum atomic E-state index is 12.1. The van der Waals surface area contributed by atoms with Crippen LogP contribution in [0.1, 0.15) is 24.8 Å². The molecule has 0 aliphatic carbocycles. The van der Waals surface area contributed by atoms with Crippen LogP contribution in [0.25, 0.3) is 0 Å². The van der Waals surface area contributed by atoms with E-state index in [1.165, 1.54) is 5.56 Å². The first-order valence-electron chi connectivity index (χ1n) is 7.94. The molecule has 0 spiro atoms. The average molecular weight is 341 g/mol. The second-order valence-corrected chi connectivity index (χ2v) is 7.40. The zero-order valence-electron chi connectivity index (χ0n) is 13.2. The maximum Gasteiger partial charge on any atom is 0.224 e. The summed E-state index contributed by atoms with van der Waals surface area (Å²) < 4.78 is 0. The summed E-state index contributed by atoms with van der Waals surface area (Å²) in [4.78, 5) is 14.3. The second-order valence-electron chi connectivity index (χ2n) is 5.89. The Morgan fingerprint density at radius 2 is 2.27 bits per heavy atom. The highest BCUT2D eigenvalue weighted by Gasteiger charge is 2.23. The van der Waals surface area contributed by atoms with E-state index in [0.29, 0.717) is 0 Å². The minimum absolute atomic E-state index is 0.175. The molecule has 1 heterocycles. The number of likely N-dealkylation sites (tertiary alicyclic amines) is 1. The number of piperidine rings is 1. The van der Waals surface area contributed by atoms with Gasteiger partial charge in [0, 0.05) is 23.9 Å². The van der Waals surface area contributed by atoms with Crippen molar-refractivity contribution in [2.75, 3.05) is 32.4 Å². The Kier molecular flexibility index (Phi) is 7.56. The van der Waals surface area contributed by atoms with E-state index in [2.05, 4.69) is 23.3 Å². The van der Waals surface area contributed by atoms with Crippen LogP contribution in [-0.2, 0) is 10.5 Å². The molecule has 0 bridgehead atoms. The van der Waals surface area contributed by atoms with Gasteiger partial charge in [-0.25, -0.2) is 0 Å². The van der Waals surface area contributed by atoms with Crippen LogP contribution >= 0.6 is 23.4 Å². The number of thioether (sulfide) groups is 1. The van der Waals surface area contributed by atoms with Gasteiger partial charge in [-0.1, -0.05) is 29.8 Å². The van der Waals surface area contributed by atoms with Crippen LogP contribution in [0.5, 0.6) is 0 Å². The molecular formula is C17H25ClN2OS. The minimum Gasteiger partial charge on any atom is -0.356 e. The molecular weight excluding hydrogens is 316 g/mol. The number of nitrogens with zero attached hydrogens (tertiary/aromatic N) is 1. The van der Waals surface area contributed by atoms with Gasteiger partial charge < -0.3 is 10.2 Å². The summed E-state index contributed by atoms with van der Waals surface area (Å²) in [6, 6.07) is 7.97. The third-order valence-electron chi connectivity index (χ3n) is 3.98. The lowest BCUT2D eigenvalue weighted by molar-refractivity contribution is -0.126. The topological polar surface area (TPSA) is 32.3 Å². The van der Waals surface area contributed by atoms with Gasteiger partial charge in [0.05, 0.1) is 5.92 Å². The Morgan fingerprint density at radius 1 is 1.45 bits per heavy atom. The molecule has 1 saturated heterocycles. The Hall–Kier alpha value is -0.710. The van der Waals surface area contributed by atoms with Crippen molar-refractivity contribution in [3.8, 4) is 0 Å². The number of nitrogens with one attached hydrogen (secondary N) is 1. The normalized spacial score (nSPS) is 19.1. The van der Waals surface area contributed by atoms with Gasteiger partial charge in [0.25, 0.3) is 0 Å². The third kappa shape index (κ3) is 5.82. The van der Waals surface area contributed by atoms with Crippen molar-refractivity contribution in [1.29, 1.82) is 0 Å². The Labute approximate surface area is 142 Å². The van der Waals surface area contributed by atoms with E-state index in [4.69, 9.17) is 11.6 Å².